The van der Waals surface area contributed by atoms with E-state index >= 15 is 0 Å². The lowest BCUT2D eigenvalue weighted by atomic mass is 9.87. The van der Waals surface area contributed by atoms with E-state index in [1.54, 1.807) is 4.90 Å². The number of carbonyl (C=O) groups excluding carboxylic acids is 1. The number of benzene rings is 1. The maximum Gasteiger partial charge on any atom is 0.223 e. The Morgan fingerprint density at radius 2 is 1.79 bits per heavy atom. The monoisotopic (exact) mass is 632 g/mol. The van der Waals surface area contributed by atoms with Gasteiger partial charge in [-0.25, -0.2) is 26.8 Å². The van der Waals surface area contributed by atoms with Gasteiger partial charge in [0.15, 0.2) is 9.84 Å². The minimum absolute atomic E-state index is 0.0594. The molecule has 4 aliphatic rings. The quantitative estimate of drug-likeness (QED) is 0.500. The molecule has 5 heterocycles. The number of ether oxygens (including phenoxy) is 1. The van der Waals surface area contributed by atoms with E-state index in [1.165, 1.54) is 18.1 Å². The first-order chi connectivity index (χ1) is 20.4. The summed E-state index contributed by atoms with van der Waals surface area (Å²) in [6.07, 6.45) is 4.22. The molecule has 1 aromatic carbocycles. The van der Waals surface area contributed by atoms with E-state index in [9.17, 15) is 21.6 Å². The van der Waals surface area contributed by atoms with Crippen LogP contribution < -0.4 is 15.0 Å². The molecule has 2 aromatic rings. The lowest BCUT2D eigenvalue weighted by Gasteiger charge is -2.47. The Morgan fingerprint density at radius 1 is 1.09 bits per heavy atom. The third kappa shape index (κ3) is 6.46. The molecule has 12 nitrogen and oxygen atoms in total. The number of nitrogens with one attached hydrogen (secondary N) is 1. The molecule has 234 valence electrons. The Hall–Kier alpha value is -2.97. The molecule has 1 amide bonds. The van der Waals surface area contributed by atoms with Crippen LogP contribution in [0.1, 0.15) is 54.9 Å². The fourth-order valence-corrected chi connectivity index (χ4v) is 8.37. The highest BCUT2D eigenvalue weighted by Gasteiger charge is 2.37. The Labute approximate surface area is 253 Å². The van der Waals surface area contributed by atoms with Crippen LogP contribution in [-0.4, -0.2) is 111 Å². The van der Waals surface area contributed by atoms with Crippen molar-refractivity contribution < 1.29 is 26.4 Å². The van der Waals surface area contributed by atoms with Crippen LogP contribution >= 0.6 is 0 Å². The zero-order valence-electron chi connectivity index (χ0n) is 25.0. The van der Waals surface area contributed by atoms with Gasteiger partial charge in [0.25, 0.3) is 0 Å². The Bertz CT molecular complexity index is 1600. The fourth-order valence-electron chi connectivity index (χ4n) is 6.62. The molecule has 14 heteroatoms. The number of aryl methyl sites for hydroxylation is 1. The van der Waals surface area contributed by atoms with Gasteiger partial charge in [0.1, 0.15) is 39.7 Å². The molecule has 3 fully saturated rings. The van der Waals surface area contributed by atoms with Crippen LogP contribution in [-0.2, 0) is 24.5 Å². The van der Waals surface area contributed by atoms with Gasteiger partial charge in [-0.15, -0.1) is 0 Å². The van der Waals surface area contributed by atoms with Crippen molar-refractivity contribution in [3.63, 3.8) is 0 Å². The number of rotatable bonds is 6. The SMILES string of the molecule is Cc1cc(C2CN(C3CCN(C(=O)CCS(C)(=O)=O)CC3)C2)cc2c1O[C@@H](C)c1c(ncnc1N1CCS(=O)(=O)CC1)N2. The third-order valence-corrected chi connectivity index (χ3v) is 11.7. The first-order valence-corrected chi connectivity index (χ1v) is 18.8. The number of carbonyl (C=O) groups is 1. The summed E-state index contributed by atoms with van der Waals surface area (Å²) < 4.78 is 53.3. The second-order valence-corrected chi connectivity index (χ2v) is 16.9. The molecule has 43 heavy (non-hydrogen) atoms. The van der Waals surface area contributed by atoms with Gasteiger partial charge < -0.3 is 19.9 Å². The van der Waals surface area contributed by atoms with Gasteiger partial charge in [-0.1, -0.05) is 6.07 Å². The van der Waals surface area contributed by atoms with Crippen LogP contribution in [0.4, 0.5) is 17.3 Å². The topological polar surface area (TPSA) is 142 Å². The van der Waals surface area contributed by atoms with Gasteiger partial charge in [0, 0.05) is 63.9 Å². The van der Waals surface area contributed by atoms with Crippen molar-refractivity contribution in [1.29, 1.82) is 0 Å². The van der Waals surface area contributed by atoms with Crippen LogP contribution in [0.15, 0.2) is 18.5 Å². The maximum absolute atomic E-state index is 12.4. The molecule has 0 radical (unpaired) electrons. The number of likely N-dealkylation sites (tertiary alicyclic amines) is 2. The molecule has 0 unspecified atom stereocenters. The highest BCUT2D eigenvalue weighted by Crippen LogP contribution is 2.45. The van der Waals surface area contributed by atoms with E-state index in [2.05, 4.69) is 39.2 Å². The van der Waals surface area contributed by atoms with Gasteiger partial charge in [-0.3, -0.25) is 9.69 Å². The first-order valence-electron chi connectivity index (χ1n) is 14.9. The lowest BCUT2D eigenvalue weighted by Crippen LogP contribution is -2.54. The summed E-state index contributed by atoms with van der Waals surface area (Å²) in [5.74, 6) is 2.61. The van der Waals surface area contributed by atoms with Crippen molar-refractivity contribution in [2.75, 3.05) is 73.0 Å². The number of piperidine rings is 1. The van der Waals surface area contributed by atoms with Crippen LogP contribution in [0.5, 0.6) is 5.75 Å². The van der Waals surface area contributed by atoms with Crippen molar-refractivity contribution in [2.24, 2.45) is 0 Å². The molecule has 1 N–H and O–H groups in total. The summed E-state index contributed by atoms with van der Waals surface area (Å²) in [6.45, 7) is 8.06. The van der Waals surface area contributed by atoms with E-state index in [-0.39, 0.29) is 35.7 Å². The minimum atomic E-state index is -3.14. The van der Waals surface area contributed by atoms with Crippen LogP contribution in [0, 0.1) is 6.92 Å². The summed E-state index contributed by atoms with van der Waals surface area (Å²) in [4.78, 5) is 27.8. The van der Waals surface area contributed by atoms with E-state index in [4.69, 9.17) is 4.74 Å². The average Bonchev–Trinajstić information content (AvgIpc) is 3.07. The van der Waals surface area contributed by atoms with E-state index in [1.807, 2.05) is 11.8 Å². The molecule has 0 spiro atoms. The van der Waals surface area contributed by atoms with Crippen molar-refractivity contribution in [2.45, 2.75) is 51.2 Å². The molecule has 6 rings (SSSR count). The van der Waals surface area contributed by atoms with E-state index in [0.29, 0.717) is 49.8 Å². The zero-order chi connectivity index (χ0) is 30.5. The number of amides is 1. The highest BCUT2D eigenvalue weighted by atomic mass is 32.2. The second-order valence-electron chi connectivity index (χ2n) is 12.3. The molecular weight excluding hydrogens is 592 g/mol. The molecule has 0 saturated carbocycles. The predicted molar refractivity (Wildman–Crippen MR) is 165 cm³/mol. The number of hydrogen-bond donors (Lipinski definition) is 1. The smallest absolute Gasteiger partial charge is 0.223 e. The Kier molecular flexibility index (Phi) is 8.05. The summed E-state index contributed by atoms with van der Waals surface area (Å²) >= 11 is 0. The molecule has 0 bridgehead atoms. The second kappa shape index (κ2) is 11.5. The Balaban J connectivity index is 1.11. The van der Waals surface area contributed by atoms with Gasteiger partial charge in [0.05, 0.1) is 28.5 Å². The average molecular weight is 633 g/mol. The first kappa shape index (κ1) is 30.1. The summed E-state index contributed by atoms with van der Waals surface area (Å²) in [7, 11) is -6.16. The number of sulfone groups is 2. The zero-order valence-corrected chi connectivity index (χ0v) is 26.6. The number of hydrogen-bond acceptors (Lipinski definition) is 11. The molecule has 4 aliphatic heterocycles. The minimum Gasteiger partial charge on any atom is -0.483 e. The predicted octanol–water partition coefficient (Wildman–Crippen LogP) is 2.04. The number of aromatic nitrogens is 2. The summed E-state index contributed by atoms with van der Waals surface area (Å²) in [5.41, 5.74) is 3.97. The molecule has 1 aromatic heterocycles. The molecule has 0 aliphatic carbocycles. The lowest BCUT2D eigenvalue weighted by molar-refractivity contribution is -0.132. The summed E-state index contributed by atoms with van der Waals surface area (Å²) in [5, 5.41) is 3.51. The van der Waals surface area contributed by atoms with Gasteiger partial charge in [-0.05, 0) is 43.9 Å². The molecule has 1 atom stereocenters. The fraction of sp³-hybridized carbons (Fsp3) is 0.621. The van der Waals surface area contributed by atoms with Crippen molar-refractivity contribution in [3.8, 4) is 5.75 Å². The van der Waals surface area contributed by atoms with Crippen molar-refractivity contribution in [1.82, 2.24) is 19.8 Å². The number of fused-ring (bicyclic) bond motifs is 2. The largest absolute Gasteiger partial charge is 0.483 e. The van der Waals surface area contributed by atoms with Crippen LogP contribution in [0.3, 0.4) is 0 Å². The van der Waals surface area contributed by atoms with Crippen LogP contribution in [0.2, 0.25) is 0 Å². The molecular formula is C29H40N6O6S2. The third-order valence-electron chi connectivity index (χ3n) is 9.16. The van der Waals surface area contributed by atoms with Gasteiger partial charge >= 0.3 is 0 Å². The standard InChI is InChI=1S/C29H40N6O6S2/c1-19-14-21(22-16-35(17-22)23-4-7-33(8-5-23)25(36)6-11-42(3,37)38)15-24-27(19)41-20(2)26-28(32-24)30-18-31-29(26)34-9-12-43(39,40)13-10-34/h14-15,18,20,22-23H,4-13,16-17H2,1-3H3,(H,30,31,32)/t20-/m0/s1. The maximum atomic E-state index is 12.4. The Morgan fingerprint density at radius 3 is 2.47 bits per heavy atom. The van der Waals surface area contributed by atoms with Crippen molar-refractivity contribution >= 4 is 42.9 Å². The van der Waals surface area contributed by atoms with Gasteiger partial charge in [-0.2, -0.15) is 0 Å². The molecule has 3 saturated heterocycles. The highest BCUT2D eigenvalue weighted by molar-refractivity contribution is 7.91. The van der Waals surface area contributed by atoms with Crippen LogP contribution in [0.25, 0.3) is 0 Å². The van der Waals surface area contributed by atoms with Crippen molar-refractivity contribution in [3.05, 3.63) is 35.2 Å². The van der Waals surface area contributed by atoms with E-state index < -0.39 is 19.7 Å². The van der Waals surface area contributed by atoms with E-state index in [0.717, 1.165) is 48.5 Å². The van der Waals surface area contributed by atoms with Gasteiger partial charge in [0.2, 0.25) is 5.91 Å². The summed E-state index contributed by atoms with van der Waals surface area (Å²) in [6, 6.07) is 4.78. The number of anilines is 3. The normalized spacial score (nSPS) is 22.9. The number of nitrogens with zero attached hydrogens (tertiary/aromatic N) is 5.